The molecule has 2 fully saturated rings. The zero-order valence-electron chi connectivity index (χ0n) is 17.7. The van der Waals surface area contributed by atoms with Crippen LogP contribution in [0.2, 0.25) is 0 Å². The number of amides is 1. The fraction of sp³-hybridized carbons (Fsp3) is 0.560. The van der Waals surface area contributed by atoms with Gasteiger partial charge in [0.2, 0.25) is 0 Å². The Kier molecular flexibility index (Phi) is 4.89. The summed E-state index contributed by atoms with van der Waals surface area (Å²) in [6.07, 6.45) is 6.32. The van der Waals surface area contributed by atoms with E-state index in [1.54, 1.807) is 0 Å². The van der Waals surface area contributed by atoms with Gasteiger partial charge in [0.15, 0.2) is 0 Å². The maximum Gasteiger partial charge on any atom is 0.408 e. The Balaban J connectivity index is 1.46. The van der Waals surface area contributed by atoms with Crippen molar-refractivity contribution in [2.24, 2.45) is 17.3 Å². The third kappa shape index (κ3) is 3.90. The van der Waals surface area contributed by atoms with E-state index in [2.05, 4.69) is 62.5 Å². The van der Waals surface area contributed by atoms with E-state index in [1.807, 2.05) is 6.92 Å². The van der Waals surface area contributed by atoms with Crippen LogP contribution in [-0.2, 0) is 16.7 Å². The number of rotatable bonds is 3. The van der Waals surface area contributed by atoms with Gasteiger partial charge in [0.1, 0.15) is 6.61 Å². The Bertz CT molecular complexity index is 874. The van der Waals surface area contributed by atoms with Gasteiger partial charge in [-0.3, -0.25) is 0 Å². The molecule has 1 saturated heterocycles. The third-order valence-corrected chi connectivity index (χ3v) is 7.01. The highest BCUT2D eigenvalue weighted by Crippen LogP contribution is 2.40. The van der Waals surface area contributed by atoms with Gasteiger partial charge in [-0.25, -0.2) is 4.79 Å². The first kappa shape index (κ1) is 19.3. The summed E-state index contributed by atoms with van der Waals surface area (Å²) in [5.41, 5.74) is 2.56. The highest BCUT2D eigenvalue weighted by Gasteiger charge is 2.36. The van der Waals surface area contributed by atoms with Crippen LogP contribution in [0.4, 0.5) is 4.79 Å². The van der Waals surface area contributed by atoms with Gasteiger partial charge in [-0.2, -0.15) is 0 Å². The van der Waals surface area contributed by atoms with Crippen molar-refractivity contribution in [3.8, 4) is 0 Å². The zero-order valence-corrected chi connectivity index (χ0v) is 17.7. The third-order valence-electron chi connectivity index (χ3n) is 7.01. The predicted molar refractivity (Wildman–Crippen MR) is 114 cm³/mol. The van der Waals surface area contributed by atoms with Crippen molar-refractivity contribution in [3.63, 3.8) is 0 Å². The highest BCUT2D eigenvalue weighted by molar-refractivity contribution is 5.84. The second-order valence-corrected chi connectivity index (χ2v) is 10.2. The van der Waals surface area contributed by atoms with Gasteiger partial charge in [0, 0.05) is 0 Å². The Morgan fingerprint density at radius 2 is 1.71 bits per heavy atom. The van der Waals surface area contributed by atoms with Crippen LogP contribution < -0.4 is 5.32 Å². The van der Waals surface area contributed by atoms with E-state index in [-0.39, 0.29) is 6.09 Å². The normalized spacial score (nSPS) is 28.2. The lowest BCUT2D eigenvalue weighted by Crippen LogP contribution is -2.37. The number of ether oxygens (including phenoxy) is 1. The number of fused-ring (bicyclic) bond motifs is 1. The van der Waals surface area contributed by atoms with E-state index in [0.29, 0.717) is 12.0 Å². The largest absolute Gasteiger partial charge is 0.447 e. The number of benzene rings is 2. The SMILES string of the molecule is CC1(c2ccc3cc(CC4CCC(C(C)(C)C)CC4)ccc3c2)COC(=O)N1. The average Bonchev–Trinajstić information content (AvgIpc) is 3.01. The van der Waals surface area contributed by atoms with Gasteiger partial charge in [-0.05, 0) is 84.2 Å². The Hall–Kier alpha value is -2.03. The second-order valence-electron chi connectivity index (χ2n) is 10.2. The Labute approximate surface area is 168 Å². The zero-order chi connectivity index (χ0) is 19.9. The molecule has 1 N–H and O–H groups in total. The van der Waals surface area contributed by atoms with Gasteiger partial charge in [0.05, 0.1) is 5.54 Å². The quantitative estimate of drug-likeness (QED) is 0.690. The first-order valence-electron chi connectivity index (χ1n) is 10.7. The molecule has 3 heteroatoms. The second kappa shape index (κ2) is 7.09. The molecule has 0 aromatic heterocycles. The van der Waals surface area contributed by atoms with Crippen molar-refractivity contribution >= 4 is 16.9 Å². The summed E-state index contributed by atoms with van der Waals surface area (Å²) >= 11 is 0. The van der Waals surface area contributed by atoms with Gasteiger partial charge < -0.3 is 10.1 Å². The molecular formula is C25H33NO2. The number of cyclic esters (lactones) is 1. The lowest BCUT2D eigenvalue weighted by Gasteiger charge is -2.37. The van der Waals surface area contributed by atoms with Crippen LogP contribution in [0.25, 0.3) is 10.8 Å². The summed E-state index contributed by atoms with van der Waals surface area (Å²) < 4.78 is 5.12. The van der Waals surface area contributed by atoms with Gasteiger partial charge in [-0.1, -0.05) is 51.1 Å². The van der Waals surface area contributed by atoms with Crippen molar-refractivity contribution in [3.05, 3.63) is 47.5 Å². The van der Waals surface area contributed by atoms with Crippen LogP contribution in [-0.4, -0.2) is 12.7 Å². The van der Waals surface area contributed by atoms with E-state index in [1.165, 1.54) is 48.4 Å². The standard InChI is InChI=1S/C25H33NO2/c1-24(2,3)21-10-6-17(7-11-21)13-18-5-8-20-15-22(12-9-19(20)14-18)25(4)16-28-23(27)26-25/h5,8-9,12,14-15,17,21H,6-7,10-11,13,16H2,1-4H3,(H,26,27). The molecule has 0 radical (unpaired) electrons. The van der Waals surface area contributed by atoms with E-state index in [9.17, 15) is 4.79 Å². The maximum absolute atomic E-state index is 11.5. The number of carbonyl (C=O) groups excluding carboxylic acids is 1. The van der Waals surface area contributed by atoms with Crippen molar-refractivity contribution in [2.75, 3.05) is 6.61 Å². The lowest BCUT2D eigenvalue weighted by molar-refractivity contribution is 0.150. The number of nitrogens with one attached hydrogen (secondary N) is 1. The minimum Gasteiger partial charge on any atom is -0.447 e. The molecule has 2 aliphatic rings. The average molecular weight is 380 g/mol. The number of carbonyl (C=O) groups is 1. The molecule has 1 aliphatic heterocycles. The summed E-state index contributed by atoms with van der Waals surface area (Å²) in [6, 6.07) is 13.4. The van der Waals surface area contributed by atoms with Crippen LogP contribution >= 0.6 is 0 Å². The van der Waals surface area contributed by atoms with Gasteiger partial charge in [-0.15, -0.1) is 0 Å². The van der Waals surface area contributed by atoms with E-state index in [4.69, 9.17) is 4.74 Å². The van der Waals surface area contributed by atoms with E-state index in [0.717, 1.165) is 17.4 Å². The Morgan fingerprint density at radius 1 is 1.04 bits per heavy atom. The minimum atomic E-state index is -0.435. The first-order chi connectivity index (χ1) is 13.2. The predicted octanol–water partition coefficient (Wildman–Crippen LogP) is 6.19. The van der Waals surface area contributed by atoms with E-state index < -0.39 is 5.54 Å². The maximum atomic E-state index is 11.5. The molecule has 0 spiro atoms. The summed E-state index contributed by atoms with van der Waals surface area (Å²) in [5, 5.41) is 5.43. The molecule has 1 aliphatic carbocycles. The van der Waals surface area contributed by atoms with Crippen LogP contribution in [0.1, 0.15) is 64.5 Å². The molecule has 1 amide bonds. The van der Waals surface area contributed by atoms with Crippen LogP contribution in [0.5, 0.6) is 0 Å². The molecule has 150 valence electrons. The highest BCUT2D eigenvalue weighted by atomic mass is 16.6. The minimum absolute atomic E-state index is 0.334. The number of hydrogen-bond donors (Lipinski definition) is 1. The van der Waals surface area contributed by atoms with Crippen molar-refractivity contribution in [1.29, 1.82) is 0 Å². The fourth-order valence-electron chi connectivity index (χ4n) is 4.99. The van der Waals surface area contributed by atoms with Crippen LogP contribution in [0.3, 0.4) is 0 Å². The van der Waals surface area contributed by atoms with Crippen molar-refractivity contribution in [2.45, 2.75) is 65.3 Å². The van der Waals surface area contributed by atoms with Gasteiger partial charge in [0.25, 0.3) is 0 Å². The molecule has 2 aromatic rings. The molecule has 1 atom stereocenters. The molecule has 1 unspecified atom stereocenters. The summed E-state index contributed by atoms with van der Waals surface area (Å²) in [6.45, 7) is 9.56. The molecular weight excluding hydrogens is 346 g/mol. The van der Waals surface area contributed by atoms with Crippen molar-refractivity contribution in [1.82, 2.24) is 5.32 Å². The summed E-state index contributed by atoms with van der Waals surface area (Å²) in [5.74, 6) is 1.69. The molecule has 28 heavy (non-hydrogen) atoms. The molecule has 3 nitrogen and oxygen atoms in total. The number of alkyl carbamates (subject to hydrolysis) is 1. The molecule has 0 bridgehead atoms. The van der Waals surface area contributed by atoms with E-state index >= 15 is 0 Å². The van der Waals surface area contributed by atoms with Gasteiger partial charge >= 0.3 is 6.09 Å². The Morgan fingerprint density at radius 3 is 2.36 bits per heavy atom. The molecule has 4 rings (SSSR count). The topological polar surface area (TPSA) is 38.3 Å². The summed E-state index contributed by atoms with van der Waals surface area (Å²) in [7, 11) is 0. The number of hydrogen-bond acceptors (Lipinski definition) is 2. The van der Waals surface area contributed by atoms with Crippen LogP contribution in [0, 0.1) is 17.3 Å². The first-order valence-corrected chi connectivity index (χ1v) is 10.7. The fourth-order valence-corrected chi connectivity index (χ4v) is 4.99. The lowest BCUT2D eigenvalue weighted by atomic mass is 9.69. The summed E-state index contributed by atoms with van der Waals surface area (Å²) in [4.78, 5) is 11.5. The smallest absolute Gasteiger partial charge is 0.408 e. The van der Waals surface area contributed by atoms with Crippen LogP contribution in [0.15, 0.2) is 36.4 Å². The molecule has 2 aromatic carbocycles. The monoisotopic (exact) mass is 379 g/mol. The molecule has 1 saturated carbocycles. The molecule has 1 heterocycles. The van der Waals surface area contributed by atoms with Crippen molar-refractivity contribution < 1.29 is 9.53 Å².